The quantitative estimate of drug-likeness (QED) is 0.481. The first-order valence-corrected chi connectivity index (χ1v) is 12.1. The average molecular weight is 407 g/mol. The number of ether oxygens (including phenoxy) is 5. The van der Waals surface area contributed by atoms with Gasteiger partial charge in [-0.3, -0.25) is 0 Å². The highest BCUT2D eigenvalue weighted by Crippen LogP contribution is 2.49. The summed E-state index contributed by atoms with van der Waals surface area (Å²) >= 11 is 0. The first-order chi connectivity index (χ1) is 14.1. The Morgan fingerprint density at radius 3 is 2.24 bits per heavy atom. The molecule has 0 bridgehead atoms. The second-order valence-corrected chi connectivity index (χ2v) is 9.84. The first-order valence-electron chi connectivity index (χ1n) is 12.1. The molecule has 3 saturated heterocycles. The molecule has 3 aliphatic heterocycles. The molecular formula is C24H38O5. The lowest BCUT2D eigenvalue weighted by Gasteiger charge is -2.34. The van der Waals surface area contributed by atoms with Crippen LogP contribution in [0.15, 0.2) is 12.2 Å². The summed E-state index contributed by atoms with van der Waals surface area (Å²) in [5.41, 5.74) is 0. The van der Waals surface area contributed by atoms with Gasteiger partial charge in [0, 0.05) is 31.6 Å². The van der Waals surface area contributed by atoms with E-state index in [1.807, 2.05) is 0 Å². The zero-order valence-electron chi connectivity index (χ0n) is 18.1. The molecule has 29 heavy (non-hydrogen) atoms. The standard InChI is InChI=1S/C24H38O5/c1-3-4-11-18-21(26-18)22-20(28-24(29-22)14-9-6-10-15-24)17(2)19-16-25-23(27-19)12-7-5-8-13-23/h4,11,17-22H,3,5-10,12-16H2,1-2H3/b11-4+/t17-,18+,19+,20+,21-,22+/m0/s1. The fourth-order valence-corrected chi connectivity index (χ4v) is 5.87. The van der Waals surface area contributed by atoms with Crippen LogP contribution in [-0.4, -0.2) is 48.7 Å². The summed E-state index contributed by atoms with van der Waals surface area (Å²) in [6.45, 7) is 5.09. The molecule has 0 aromatic rings. The van der Waals surface area contributed by atoms with Gasteiger partial charge in [-0.2, -0.15) is 0 Å². The van der Waals surface area contributed by atoms with E-state index in [1.165, 1.54) is 38.5 Å². The van der Waals surface area contributed by atoms with Gasteiger partial charge in [0.15, 0.2) is 11.6 Å². The van der Waals surface area contributed by atoms with Crippen LogP contribution in [0.3, 0.4) is 0 Å². The molecular weight excluding hydrogens is 368 g/mol. The monoisotopic (exact) mass is 406 g/mol. The van der Waals surface area contributed by atoms with E-state index >= 15 is 0 Å². The van der Waals surface area contributed by atoms with Gasteiger partial charge in [-0.25, -0.2) is 0 Å². The van der Waals surface area contributed by atoms with Gasteiger partial charge in [-0.1, -0.05) is 38.8 Å². The maximum absolute atomic E-state index is 6.74. The number of hydrogen-bond acceptors (Lipinski definition) is 5. The maximum atomic E-state index is 6.74. The summed E-state index contributed by atoms with van der Waals surface area (Å²) < 4.78 is 32.3. The van der Waals surface area contributed by atoms with Crippen LogP contribution in [0.2, 0.25) is 0 Å². The van der Waals surface area contributed by atoms with Gasteiger partial charge in [0.25, 0.3) is 0 Å². The molecule has 164 valence electrons. The lowest BCUT2D eigenvalue weighted by molar-refractivity contribution is -0.208. The van der Waals surface area contributed by atoms with Crippen molar-refractivity contribution in [2.75, 3.05) is 6.61 Å². The molecule has 6 atom stereocenters. The van der Waals surface area contributed by atoms with Crippen LogP contribution < -0.4 is 0 Å². The lowest BCUT2D eigenvalue weighted by Crippen LogP contribution is -2.42. The van der Waals surface area contributed by atoms with Crippen molar-refractivity contribution in [3.8, 4) is 0 Å². The average Bonchev–Trinajstić information content (AvgIpc) is 3.28. The van der Waals surface area contributed by atoms with Gasteiger partial charge in [-0.05, 0) is 32.1 Å². The van der Waals surface area contributed by atoms with E-state index in [-0.39, 0.29) is 42.2 Å². The third-order valence-electron chi connectivity index (χ3n) is 7.68. The summed E-state index contributed by atoms with van der Waals surface area (Å²) in [6.07, 6.45) is 17.2. The van der Waals surface area contributed by atoms with Crippen LogP contribution in [0.25, 0.3) is 0 Å². The van der Waals surface area contributed by atoms with Crippen molar-refractivity contribution < 1.29 is 23.7 Å². The molecule has 5 nitrogen and oxygen atoms in total. The minimum Gasteiger partial charge on any atom is -0.362 e. The zero-order valence-corrected chi connectivity index (χ0v) is 18.1. The van der Waals surface area contributed by atoms with E-state index in [1.54, 1.807) is 0 Å². The Morgan fingerprint density at radius 2 is 1.55 bits per heavy atom. The Morgan fingerprint density at radius 1 is 0.862 bits per heavy atom. The molecule has 3 heterocycles. The number of allylic oxidation sites excluding steroid dienone is 1. The highest BCUT2D eigenvalue weighted by molar-refractivity contribution is 5.10. The molecule has 0 aromatic heterocycles. The molecule has 0 radical (unpaired) electrons. The van der Waals surface area contributed by atoms with Crippen molar-refractivity contribution in [3.05, 3.63) is 12.2 Å². The molecule has 5 fully saturated rings. The molecule has 0 amide bonds. The normalized spacial score (nSPS) is 42.1. The third kappa shape index (κ3) is 4.06. The van der Waals surface area contributed by atoms with Gasteiger partial charge < -0.3 is 23.7 Å². The Bertz CT molecular complexity index is 592. The summed E-state index contributed by atoms with van der Waals surface area (Å²) in [5, 5.41) is 0. The molecule has 0 unspecified atom stereocenters. The second-order valence-electron chi connectivity index (χ2n) is 9.84. The SMILES string of the molecule is CC/C=C/[C@H]1O[C@@H]1[C@@H]1OC2(CCCCC2)O[C@@H]1[C@@H](C)[C@H]1COC2(CCCCC2)O1. The fourth-order valence-electron chi connectivity index (χ4n) is 5.87. The largest absolute Gasteiger partial charge is 0.362 e. The first kappa shape index (κ1) is 20.4. The van der Waals surface area contributed by atoms with E-state index in [2.05, 4.69) is 26.0 Å². The Balaban J connectivity index is 1.30. The van der Waals surface area contributed by atoms with E-state index in [9.17, 15) is 0 Å². The summed E-state index contributed by atoms with van der Waals surface area (Å²) in [4.78, 5) is 0. The predicted molar refractivity (Wildman–Crippen MR) is 109 cm³/mol. The highest BCUT2D eigenvalue weighted by Gasteiger charge is 2.60. The van der Waals surface area contributed by atoms with E-state index in [4.69, 9.17) is 23.7 Å². The van der Waals surface area contributed by atoms with Gasteiger partial charge in [-0.15, -0.1) is 0 Å². The molecule has 5 heteroatoms. The summed E-state index contributed by atoms with van der Waals surface area (Å²) in [7, 11) is 0. The van der Waals surface area contributed by atoms with Crippen LogP contribution in [0.1, 0.15) is 84.5 Å². The van der Waals surface area contributed by atoms with Gasteiger partial charge in [0.05, 0.1) is 18.8 Å². The predicted octanol–water partition coefficient (Wildman–Crippen LogP) is 4.88. The Kier molecular flexibility index (Phi) is 5.80. The topological polar surface area (TPSA) is 49.5 Å². The van der Waals surface area contributed by atoms with Crippen molar-refractivity contribution >= 4 is 0 Å². The van der Waals surface area contributed by atoms with Crippen molar-refractivity contribution in [2.45, 2.75) is 127 Å². The van der Waals surface area contributed by atoms with Crippen molar-refractivity contribution in [1.29, 1.82) is 0 Å². The van der Waals surface area contributed by atoms with Crippen LogP contribution >= 0.6 is 0 Å². The van der Waals surface area contributed by atoms with Crippen molar-refractivity contribution in [3.63, 3.8) is 0 Å². The van der Waals surface area contributed by atoms with E-state index in [0.717, 1.165) is 32.1 Å². The second kappa shape index (κ2) is 8.23. The number of hydrogen-bond donors (Lipinski definition) is 0. The van der Waals surface area contributed by atoms with Crippen LogP contribution in [0, 0.1) is 5.92 Å². The van der Waals surface area contributed by atoms with Crippen LogP contribution in [0.5, 0.6) is 0 Å². The Hall–Kier alpha value is -0.460. The molecule has 2 spiro atoms. The van der Waals surface area contributed by atoms with Crippen LogP contribution in [-0.2, 0) is 23.7 Å². The van der Waals surface area contributed by atoms with Crippen molar-refractivity contribution in [2.24, 2.45) is 5.92 Å². The minimum atomic E-state index is -0.408. The smallest absolute Gasteiger partial charge is 0.169 e. The third-order valence-corrected chi connectivity index (χ3v) is 7.68. The molecule has 2 aliphatic carbocycles. The van der Waals surface area contributed by atoms with Crippen LogP contribution in [0.4, 0.5) is 0 Å². The highest BCUT2D eigenvalue weighted by atomic mass is 16.8. The Labute approximate surface area is 175 Å². The minimum absolute atomic E-state index is 0.00506. The van der Waals surface area contributed by atoms with Crippen molar-refractivity contribution in [1.82, 2.24) is 0 Å². The molecule has 0 N–H and O–H groups in total. The van der Waals surface area contributed by atoms with E-state index < -0.39 is 5.79 Å². The van der Waals surface area contributed by atoms with Gasteiger partial charge in [0.1, 0.15) is 18.3 Å². The lowest BCUT2D eigenvalue weighted by atomic mass is 9.91. The number of epoxide rings is 1. The molecule has 5 aliphatic rings. The molecule has 0 aromatic carbocycles. The van der Waals surface area contributed by atoms with Gasteiger partial charge in [0.2, 0.25) is 0 Å². The maximum Gasteiger partial charge on any atom is 0.169 e. The fraction of sp³-hybridized carbons (Fsp3) is 0.917. The van der Waals surface area contributed by atoms with E-state index in [0.29, 0.717) is 6.61 Å². The zero-order chi connectivity index (χ0) is 19.9. The number of rotatable bonds is 5. The summed E-state index contributed by atoms with van der Waals surface area (Å²) in [5.74, 6) is -0.519. The molecule has 2 saturated carbocycles. The molecule has 5 rings (SSSR count). The summed E-state index contributed by atoms with van der Waals surface area (Å²) in [6, 6.07) is 0. The van der Waals surface area contributed by atoms with Gasteiger partial charge >= 0.3 is 0 Å².